The number of nitrogens with one attached hydrogen (secondary N) is 2. The Labute approximate surface area is 176 Å². The molecule has 2 atom stereocenters. The van der Waals surface area contributed by atoms with E-state index >= 15 is 0 Å². The molecule has 4 nitrogen and oxygen atoms in total. The van der Waals surface area contributed by atoms with Crippen LogP contribution in [-0.2, 0) is 13.0 Å². The summed E-state index contributed by atoms with van der Waals surface area (Å²) in [5.74, 6) is 1.43. The van der Waals surface area contributed by atoms with Crippen molar-refractivity contribution in [2.24, 2.45) is 5.92 Å². The van der Waals surface area contributed by atoms with E-state index in [-0.39, 0.29) is 11.6 Å². The van der Waals surface area contributed by atoms with Gasteiger partial charge in [-0.15, -0.1) is 0 Å². The molecule has 0 amide bonds. The van der Waals surface area contributed by atoms with Crippen molar-refractivity contribution in [2.75, 3.05) is 13.1 Å². The van der Waals surface area contributed by atoms with Gasteiger partial charge in [-0.05, 0) is 62.9 Å². The van der Waals surface area contributed by atoms with Crippen LogP contribution in [0.25, 0.3) is 0 Å². The minimum absolute atomic E-state index is 0.0225. The van der Waals surface area contributed by atoms with Crippen molar-refractivity contribution in [1.82, 2.24) is 10.6 Å². The van der Waals surface area contributed by atoms with E-state index in [4.69, 9.17) is 4.74 Å². The van der Waals surface area contributed by atoms with Gasteiger partial charge in [-0.1, -0.05) is 56.3 Å². The van der Waals surface area contributed by atoms with E-state index in [9.17, 15) is 5.11 Å². The smallest absolute Gasteiger partial charge is 0.119 e. The summed E-state index contributed by atoms with van der Waals surface area (Å²) < 4.78 is 5.88. The minimum atomic E-state index is -0.456. The maximum atomic E-state index is 10.8. The molecule has 0 aromatic heterocycles. The van der Waals surface area contributed by atoms with Crippen molar-refractivity contribution in [3.8, 4) is 5.75 Å². The first kappa shape index (κ1) is 23.4. The Bertz CT molecular complexity index is 693. The van der Waals surface area contributed by atoms with E-state index < -0.39 is 6.10 Å². The fourth-order valence-electron chi connectivity index (χ4n) is 3.22. The van der Waals surface area contributed by atoms with Crippen molar-refractivity contribution in [3.63, 3.8) is 0 Å². The Morgan fingerprint density at radius 1 is 0.897 bits per heavy atom. The zero-order valence-electron chi connectivity index (χ0n) is 18.6. The predicted molar refractivity (Wildman–Crippen MR) is 121 cm³/mol. The largest absolute Gasteiger partial charge is 0.489 e. The zero-order valence-corrected chi connectivity index (χ0v) is 18.6. The summed E-state index contributed by atoms with van der Waals surface area (Å²) in [7, 11) is 0. The lowest BCUT2D eigenvalue weighted by atomic mass is 9.97. The van der Waals surface area contributed by atoms with E-state index in [1.807, 2.05) is 30.3 Å². The number of ether oxygens (including phenoxy) is 1. The summed E-state index contributed by atoms with van der Waals surface area (Å²) >= 11 is 0. The van der Waals surface area contributed by atoms with Crippen LogP contribution in [0.15, 0.2) is 54.6 Å². The Kier molecular flexibility index (Phi) is 9.15. The molecule has 0 aliphatic heterocycles. The van der Waals surface area contributed by atoms with Gasteiger partial charge < -0.3 is 20.5 Å². The second-order valence-electron chi connectivity index (χ2n) is 9.24. The molecule has 3 N–H and O–H groups in total. The van der Waals surface area contributed by atoms with Crippen molar-refractivity contribution >= 4 is 0 Å². The van der Waals surface area contributed by atoms with Crippen LogP contribution in [0.1, 0.15) is 45.7 Å². The number of hydrogen-bond acceptors (Lipinski definition) is 4. The molecule has 4 heteroatoms. The van der Waals surface area contributed by atoms with Gasteiger partial charge in [0.2, 0.25) is 0 Å². The first-order valence-corrected chi connectivity index (χ1v) is 10.6. The summed E-state index contributed by atoms with van der Waals surface area (Å²) in [6.45, 7) is 12.8. The molecule has 0 spiro atoms. The number of hydrogen-bond donors (Lipinski definition) is 3. The summed E-state index contributed by atoms with van der Waals surface area (Å²) in [5.41, 5.74) is 2.27. The number of rotatable bonds is 11. The summed E-state index contributed by atoms with van der Waals surface area (Å²) in [4.78, 5) is 0. The Hall–Kier alpha value is -1.88. The highest BCUT2D eigenvalue weighted by atomic mass is 16.5. The first-order valence-electron chi connectivity index (χ1n) is 10.6. The van der Waals surface area contributed by atoms with Crippen molar-refractivity contribution < 1.29 is 9.84 Å². The maximum absolute atomic E-state index is 10.8. The van der Waals surface area contributed by atoms with Crippen LogP contribution in [0.2, 0.25) is 0 Å². The molecule has 0 fully saturated rings. The SMILES string of the molecule is CC(C)CNC[C@@H](O)[C@H](Cc1ccc(OCc2ccccc2)cc1)NC(C)(C)C. The van der Waals surface area contributed by atoms with Crippen molar-refractivity contribution in [2.45, 2.75) is 65.3 Å². The second-order valence-corrected chi connectivity index (χ2v) is 9.24. The van der Waals surface area contributed by atoms with Gasteiger partial charge in [-0.25, -0.2) is 0 Å². The maximum Gasteiger partial charge on any atom is 0.119 e. The second kappa shape index (κ2) is 11.3. The monoisotopic (exact) mass is 398 g/mol. The molecule has 160 valence electrons. The predicted octanol–water partition coefficient (Wildman–Crippen LogP) is 4.17. The van der Waals surface area contributed by atoms with Crippen LogP contribution >= 0.6 is 0 Å². The third-order valence-electron chi connectivity index (χ3n) is 4.62. The molecule has 0 unspecified atom stereocenters. The molecule has 0 radical (unpaired) electrons. The first-order chi connectivity index (χ1) is 13.7. The fraction of sp³-hybridized carbons (Fsp3) is 0.520. The van der Waals surface area contributed by atoms with Gasteiger partial charge in [0.1, 0.15) is 12.4 Å². The molecule has 0 bridgehead atoms. The molecule has 2 aromatic carbocycles. The molecular weight excluding hydrogens is 360 g/mol. The lowest BCUT2D eigenvalue weighted by molar-refractivity contribution is 0.110. The highest BCUT2D eigenvalue weighted by Gasteiger charge is 2.24. The van der Waals surface area contributed by atoms with Crippen LogP contribution in [0, 0.1) is 5.92 Å². The topological polar surface area (TPSA) is 53.5 Å². The number of benzene rings is 2. The molecule has 0 saturated heterocycles. The minimum Gasteiger partial charge on any atom is -0.489 e. The van der Waals surface area contributed by atoms with Gasteiger partial charge in [0.25, 0.3) is 0 Å². The van der Waals surface area contributed by atoms with E-state index in [1.165, 1.54) is 5.56 Å². The van der Waals surface area contributed by atoms with Gasteiger partial charge in [-0.2, -0.15) is 0 Å². The lowest BCUT2D eigenvalue weighted by Crippen LogP contribution is -2.53. The number of aliphatic hydroxyl groups is 1. The van der Waals surface area contributed by atoms with E-state index in [0.717, 1.165) is 24.3 Å². The summed E-state index contributed by atoms with van der Waals surface area (Å²) in [6, 6.07) is 18.3. The Morgan fingerprint density at radius 2 is 1.55 bits per heavy atom. The van der Waals surface area contributed by atoms with E-state index in [0.29, 0.717) is 19.1 Å². The highest BCUT2D eigenvalue weighted by Crippen LogP contribution is 2.17. The van der Waals surface area contributed by atoms with E-state index in [2.05, 4.69) is 69.5 Å². The van der Waals surface area contributed by atoms with Gasteiger partial charge >= 0.3 is 0 Å². The van der Waals surface area contributed by atoms with Gasteiger partial charge in [0.05, 0.1) is 6.10 Å². The van der Waals surface area contributed by atoms with Crippen LogP contribution in [0.5, 0.6) is 5.75 Å². The number of aliphatic hydroxyl groups excluding tert-OH is 1. The van der Waals surface area contributed by atoms with Gasteiger partial charge in [-0.3, -0.25) is 0 Å². The van der Waals surface area contributed by atoms with Gasteiger partial charge in [0, 0.05) is 18.1 Å². The van der Waals surface area contributed by atoms with Crippen molar-refractivity contribution in [3.05, 3.63) is 65.7 Å². The van der Waals surface area contributed by atoms with Crippen LogP contribution < -0.4 is 15.4 Å². The normalized spacial score (nSPS) is 14.0. The molecule has 0 aliphatic rings. The fourth-order valence-corrected chi connectivity index (χ4v) is 3.22. The van der Waals surface area contributed by atoms with Crippen LogP contribution in [0.4, 0.5) is 0 Å². The summed E-state index contributed by atoms with van der Waals surface area (Å²) in [6.07, 6.45) is 0.308. The Morgan fingerprint density at radius 3 is 2.14 bits per heavy atom. The molecule has 2 rings (SSSR count). The highest BCUT2D eigenvalue weighted by molar-refractivity contribution is 5.28. The molecule has 29 heavy (non-hydrogen) atoms. The lowest BCUT2D eigenvalue weighted by Gasteiger charge is -2.32. The summed E-state index contributed by atoms with van der Waals surface area (Å²) in [5, 5.41) is 17.7. The van der Waals surface area contributed by atoms with Gasteiger partial charge in [0.15, 0.2) is 0 Å². The molecule has 2 aromatic rings. The Balaban J connectivity index is 1.94. The average Bonchev–Trinajstić information content (AvgIpc) is 2.66. The molecule has 0 aliphatic carbocycles. The third kappa shape index (κ3) is 9.44. The zero-order chi connectivity index (χ0) is 21.3. The van der Waals surface area contributed by atoms with Crippen molar-refractivity contribution in [1.29, 1.82) is 0 Å². The average molecular weight is 399 g/mol. The standard InChI is InChI=1S/C25H38N2O2/c1-19(2)16-26-17-24(28)23(27-25(3,4)5)15-20-11-13-22(14-12-20)29-18-21-9-7-6-8-10-21/h6-14,19,23-24,26-28H,15-18H2,1-5H3/t23-,24+/m0/s1. The molecule has 0 saturated carbocycles. The molecular formula is C25H38N2O2. The third-order valence-corrected chi connectivity index (χ3v) is 4.62. The molecule has 0 heterocycles. The van der Waals surface area contributed by atoms with Crippen LogP contribution in [-0.4, -0.2) is 35.9 Å². The van der Waals surface area contributed by atoms with Crippen LogP contribution in [0.3, 0.4) is 0 Å². The quantitative estimate of drug-likeness (QED) is 0.532. The van der Waals surface area contributed by atoms with E-state index in [1.54, 1.807) is 0 Å².